The number of piperazine rings is 1. The number of likely N-dealkylation sites (N-methyl/N-ethyl adjacent to an activating group) is 1. The molecule has 4 heterocycles. The Kier molecular flexibility index (Phi) is 6.31. The molecule has 0 unspecified atom stereocenters. The first-order chi connectivity index (χ1) is 16.9. The van der Waals surface area contributed by atoms with Gasteiger partial charge in [0.2, 0.25) is 5.91 Å². The van der Waals surface area contributed by atoms with E-state index in [2.05, 4.69) is 55.9 Å². The van der Waals surface area contributed by atoms with Gasteiger partial charge in [0.25, 0.3) is 6.43 Å². The van der Waals surface area contributed by atoms with E-state index in [1.54, 1.807) is 6.07 Å². The van der Waals surface area contributed by atoms with Gasteiger partial charge in [-0.1, -0.05) is 5.92 Å². The molecule has 9 heteroatoms. The monoisotopic (exact) mass is 476 g/mol. The smallest absolute Gasteiger partial charge is 0.281 e. The lowest BCUT2D eigenvalue weighted by molar-refractivity contribution is -0.117. The highest BCUT2D eigenvalue weighted by atomic mass is 19.3. The summed E-state index contributed by atoms with van der Waals surface area (Å²) in [6.07, 6.45) is 3.44. The highest BCUT2D eigenvalue weighted by molar-refractivity contribution is 5.97. The summed E-state index contributed by atoms with van der Waals surface area (Å²) in [5.74, 6) is 6.25. The van der Waals surface area contributed by atoms with Crippen molar-refractivity contribution in [1.82, 2.24) is 19.9 Å². The zero-order chi connectivity index (χ0) is 24.5. The summed E-state index contributed by atoms with van der Waals surface area (Å²) < 4.78 is 27.1. The molecule has 0 spiro atoms. The molecule has 35 heavy (non-hydrogen) atoms. The van der Waals surface area contributed by atoms with Crippen LogP contribution >= 0.6 is 0 Å². The molecule has 1 saturated heterocycles. The number of halogens is 2. The lowest BCUT2D eigenvalue weighted by atomic mass is 10.1. The average molecular weight is 477 g/mol. The van der Waals surface area contributed by atoms with E-state index < -0.39 is 6.43 Å². The standard InChI is InChI=1S/C26H26F2N6O/c1-16-15-33(2)9-10-34(16)20-8-7-19(29-13-20)6-5-18-12-31-24(25(27)28)22-14-30-23(11-21(18)22)32-26(35)17-3-4-17/h7-8,11-14,16-17,25H,3-4,9-10,15H2,1-2H3,(H,30,32,35)/t16-/m0/s1. The predicted octanol–water partition coefficient (Wildman–Crippen LogP) is 3.85. The second-order valence-corrected chi connectivity index (χ2v) is 9.19. The minimum absolute atomic E-state index is 0.00343. The number of amides is 1. The molecule has 0 radical (unpaired) electrons. The van der Waals surface area contributed by atoms with Crippen LogP contribution in [-0.4, -0.2) is 58.5 Å². The number of hydrogen-bond donors (Lipinski definition) is 1. The highest BCUT2D eigenvalue weighted by Gasteiger charge is 2.30. The molecule has 1 amide bonds. The summed E-state index contributed by atoms with van der Waals surface area (Å²) in [6.45, 7) is 5.12. The fourth-order valence-electron chi connectivity index (χ4n) is 4.36. The summed E-state index contributed by atoms with van der Waals surface area (Å²) in [5, 5.41) is 3.44. The molecular weight excluding hydrogens is 450 g/mol. The van der Waals surface area contributed by atoms with E-state index in [0.29, 0.717) is 28.5 Å². The fourth-order valence-corrected chi connectivity index (χ4v) is 4.36. The summed E-state index contributed by atoms with van der Waals surface area (Å²) in [6, 6.07) is 5.84. The minimum Gasteiger partial charge on any atom is -0.365 e. The van der Waals surface area contributed by atoms with Crippen molar-refractivity contribution in [3.8, 4) is 11.8 Å². The summed E-state index contributed by atoms with van der Waals surface area (Å²) in [4.78, 5) is 29.3. The first-order valence-corrected chi connectivity index (χ1v) is 11.7. The van der Waals surface area contributed by atoms with E-state index in [1.807, 2.05) is 18.3 Å². The van der Waals surface area contributed by atoms with Crippen LogP contribution in [0.3, 0.4) is 0 Å². The number of anilines is 2. The molecule has 0 bridgehead atoms. The molecule has 1 aliphatic heterocycles. The topological polar surface area (TPSA) is 74.2 Å². The van der Waals surface area contributed by atoms with Crippen LogP contribution in [0.4, 0.5) is 20.3 Å². The fraction of sp³-hybridized carbons (Fsp3) is 0.385. The Bertz CT molecular complexity index is 1310. The van der Waals surface area contributed by atoms with E-state index in [4.69, 9.17) is 0 Å². The van der Waals surface area contributed by atoms with E-state index >= 15 is 0 Å². The van der Waals surface area contributed by atoms with Crippen molar-refractivity contribution in [1.29, 1.82) is 0 Å². The normalized spacial score (nSPS) is 18.4. The Morgan fingerprint density at radius 2 is 1.91 bits per heavy atom. The van der Waals surface area contributed by atoms with Crippen LogP contribution in [0.2, 0.25) is 0 Å². The first kappa shape index (κ1) is 23.1. The zero-order valence-corrected chi connectivity index (χ0v) is 19.6. The number of alkyl halides is 2. The van der Waals surface area contributed by atoms with E-state index in [-0.39, 0.29) is 22.9 Å². The summed E-state index contributed by atoms with van der Waals surface area (Å²) in [7, 11) is 2.12. The van der Waals surface area contributed by atoms with E-state index in [9.17, 15) is 13.6 Å². The SMILES string of the molecule is C[C@H]1CN(C)CCN1c1ccc(C#Cc2cnc(C(F)F)c3cnc(NC(=O)C4CC4)cc23)nc1. The first-order valence-electron chi connectivity index (χ1n) is 11.7. The number of carbonyl (C=O) groups is 1. The molecule has 3 aromatic heterocycles. The quantitative estimate of drug-likeness (QED) is 0.577. The van der Waals surface area contributed by atoms with Crippen molar-refractivity contribution >= 4 is 28.2 Å². The molecule has 1 atom stereocenters. The van der Waals surface area contributed by atoms with Gasteiger partial charge in [0, 0.05) is 54.8 Å². The van der Waals surface area contributed by atoms with Gasteiger partial charge >= 0.3 is 0 Å². The lowest BCUT2D eigenvalue weighted by Gasteiger charge is -2.39. The van der Waals surface area contributed by atoms with Gasteiger partial charge in [-0.25, -0.2) is 18.7 Å². The maximum Gasteiger partial charge on any atom is 0.281 e. The molecule has 180 valence electrons. The van der Waals surface area contributed by atoms with Crippen LogP contribution in [0.5, 0.6) is 0 Å². The Hall–Kier alpha value is -3.64. The Morgan fingerprint density at radius 1 is 1.09 bits per heavy atom. The third-order valence-electron chi connectivity index (χ3n) is 6.44. The second kappa shape index (κ2) is 9.55. The number of pyridine rings is 3. The van der Waals surface area contributed by atoms with Crippen molar-refractivity contribution in [3.63, 3.8) is 0 Å². The molecule has 2 aliphatic rings. The van der Waals surface area contributed by atoms with Crippen molar-refractivity contribution in [2.75, 3.05) is 36.9 Å². The van der Waals surface area contributed by atoms with Gasteiger partial charge in [0.15, 0.2) is 0 Å². The van der Waals surface area contributed by atoms with Crippen LogP contribution in [0.15, 0.2) is 36.8 Å². The van der Waals surface area contributed by atoms with Crippen molar-refractivity contribution in [3.05, 3.63) is 53.7 Å². The molecular formula is C26H26F2N6O. The van der Waals surface area contributed by atoms with Crippen LogP contribution in [-0.2, 0) is 4.79 Å². The van der Waals surface area contributed by atoms with Crippen LogP contribution in [0.25, 0.3) is 10.8 Å². The maximum absolute atomic E-state index is 13.5. The number of aromatic nitrogens is 3. The van der Waals surface area contributed by atoms with Gasteiger partial charge in [0.1, 0.15) is 17.2 Å². The number of carbonyl (C=O) groups excluding carboxylic acids is 1. The molecule has 2 fully saturated rings. The number of fused-ring (bicyclic) bond motifs is 1. The summed E-state index contributed by atoms with van der Waals surface area (Å²) in [5.41, 5.74) is 1.72. The maximum atomic E-state index is 13.5. The van der Waals surface area contributed by atoms with Gasteiger partial charge in [-0.05, 0) is 50.9 Å². The van der Waals surface area contributed by atoms with Crippen molar-refractivity contribution in [2.45, 2.75) is 32.2 Å². The van der Waals surface area contributed by atoms with Crippen molar-refractivity contribution in [2.24, 2.45) is 5.92 Å². The second-order valence-electron chi connectivity index (χ2n) is 9.19. The minimum atomic E-state index is -2.75. The number of rotatable bonds is 4. The van der Waals surface area contributed by atoms with Gasteiger partial charge < -0.3 is 15.1 Å². The number of nitrogens with zero attached hydrogens (tertiary/aromatic N) is 5. The average Bonchev–Trinajstić information content (AvgIpc) is 3.68. The van der Waals surface area contributed by atoms with E-state index in [0.717, 1.165) is 38.2 Å². The summed E-state index contributed by atoms with van der Waals surface area (Å²) >= 11 is 0. The molecule has 7 nitrogen and oxygen atoms in total. The zero-order valence-electron chi connectivity index (χ0n) is 19.6. The number of nitrogens with one attached hydrogen (secondary N) is 1. The third kappa shape index (κ3) is 5.08. The third-order valence-corrected chi connectivity index (χ3v) is 6.44. The van der Waals surface area contributed by atoms with Gasteiger partial charge in [-0.15, -0.1) is 0 Å². The Labute approximate surface area is 202 Å². The Morgan fingerprint density at radius 3 is 2.60 bits per heavy atom. The van der Waals surface area contributed by atoms with Gasteiger partial charge in [-0.2, -0.15) is 0 Å². The van der Waals surface area contributed by atoms with Crippen molar-refractivity contribution < 1.29 is 13.6 Å². The van der Waals surface area contributed by atoms with Crippen LogP contribution in [0, 0.1) is 17.8 Å². The van der Waals surface area contributed by atoms with E-state index in [1.165, 1.54) is 12.4 Å². The van der Waals surface area contributed by atoms with Gasteiger partial charge in [-0.3, -0.25) is 9.78 Å². The molecule has 1 aliphatic carbocycles. The largest absolute Gasteiger partial charge is 0.365 e. The molecule has 1 N–H and O–H groups in total. The highest BCUT2D eigenvalue weighted by Crippen LogP contribution is 2.32. The lowest BCUT2D eigenvalue weighted by Crippen LogP contribution is -2.50. The molecule has 1 saturated carbocycles. The number of hydrogen-bond acceptors (Lipinski definition) is 6. The molecule has 3 aromatic rings. The van der Waals surface area contributed by atoms with Crippen LogP contribution < -0.4 is 10.2 Å². The predicted molar refractivity (Wildman–Crippen MR) is 130 cm³/mol. The van der Waals surface area contributed by atoms with Crippen LogP contribution in [0.1, 0.15) is 43.1 Å². The molecule has 5 rings (SSSR count). The van der Waals surface area contributed by atoms with Gasteiger partial charge in [0.05, 0.1) is 17.4 Å². The molecule has 0 aromatic carbocycles. The Balaban J connectivity index is 1.43.